The highest BCUT2D eigenvalue weighted by Gasteiger charge is 2.28. The van der Waals surface area contributed by atoms with Crippen molar-refractivity contribution in [2.75, 3.05) is 13.2 Å². The first-order valence-corrected chi connectivity index (χ1v) is 5.43. The molecule has 1 heterocycles. The van der Waals surface area contributed by atoms with Gasteiger partial charge in [0.1, 0.15) is 0 Å². The number of amides is 1. The first-order chi connectivity index (χ1) is 8.90. The molecule has 1 rings (SSSR count). The Labute approximate surface area is 107 Å². The Morgan fingerprint density at radius 1 is 1.42 bits per heavy atom. The molecule has 0 aliphatic rings. The summed E-state index contributed by atoms with van der Waals surface area (Å²) in [7, 11) is 0. The molecule has 1 aromatic heterocycles. The molecule has 2 N–H and O–H groups in total. The largest absolute Gasteiger partial charge is 0.468 e. The Morgan fingerprint density at radius 2 is 2.16 bits per heavy atom. The van der Waals surface area contributed by atoms with Gasteiger partial charge in [0.2, 0.25) is 11.8 Å². The highest BCUT2D eigenvalue weighted by Crippen LogP contribution is 2.16. The van der Waals surface area contributed by atoms with Crippen molar-refractivity contribution in [2.24, 2.45) is 0 Å². The van der Waals surface area contributed by atoms with Crippen molar-refractivity contribution in [1.29, 1.82) is 0 Å². The van der Waals surface area contributed by atoms with Crippen LogP contribution in [0.3, 0.4) is 0 Å². The smallest absolute Gasteiger partial charge is 0.422 e. The fraction of sp³-hybridized carbons (Fsp3) is 0.455. The maximum absolute atomic E-state index is 11.9. The normalized spacial score (nSPS) is 11.2. The van der Waals surface area contributed by atoms with Gasteiger partial charge >= 0.3 is 6.18 Å². The average molecular weight is 278 g/mol. The van der Waals surface area contributed by atoms with Crippen LogP contribution in [0, 0.1) is 0 Å². The molecule has 1 amide bonds. The van der Waals surface area contributed by atoms with E-state index in [1.807, 2.05) is 0 Å². The summed E-state index contributed by atoms with van der Waals surface area (Å²) in [6, 6.07) is 2.79. The second-order valence-electron chi connectivity index (χ2n) is 3.66. The van der Waals surface area contributed by atoms with Crippen molar-refractivity contribution in [3.05, 3.63) is 23.9 Å². The number of ether oxygens (including phenoxy) is 1. The minimum absolute atomic E-state index is 0.000204. The molecular formula is C11H13F3N2O3. The number of nitrogens with zero attached hydrogens (tertiary/aromatic N) is 1. The monoisotopic (exact) mass is 278 g/mol. The first kappa shape index (κ1) is 15.2. The summed E-state index contributed by atoms with van der Waals surface area (Å²) >= 11 is 0. The van der Waals surface area contributed by atoms with Crippen molar-refractivity contribution in [3.63, 3.8) is 0 Å². The van der Waals surface area contributed by atoms with Gasteiger partial charge in [-0.25, -0.2) is 4.98 Å². The lowest BCUT2D eigenvalue weighted by atomic mass is 10.3. The zero-order valence-electron chi connectivity index (χ0n) is 9.91. The van der Waals surface area contributed by atoms with Crippen molar-refractivity contribution < 1.29 is 27.8 Å². The summed E-state index contributed by atoms with van der Waals surface area (Å²) in [5.41, 5.74) is 0.616. The highest BCUT2D eigenvalue weighted by molar-refractivity contribution is 5.75. The minimum atomic E-state index is -4.40. The number of aliphatic hydroxyl groups is 1. The van der Waals surface area contributed by atoms with Crippen LogP contribution in [0.15, 0.2) is 18.3 Å². The van der Waals surface area contributed by atoms with Crippen molar-refractivity contribution >= 4 is 5.91 Å². The molecule has 8 heteroatoms. The van der Waals surface area contributed by atoms with Crippen LogP contribution in [0.25, 0.3) is 0 Å². The van der Waals surface area contributed by atoms with E-state index >= 15 is 0 Å². The van der Waals surface area contributed by atoms with Crippen molar-refractivity contribution in [3.8, 4) is 5.88 Å². The molecule has 5 nitrogen and oxygen atoms in total. The molecule has 0 spiro atoms. The maximum Gasteiger partial charge on any atom is 0.422 e. The van der Waals surface area contributed by atoms with Crippen molar-refractivity contribution in [2.45, 2.75) is 19.1 Å². The number of hydrogen-bond acceptors (Lipinski definition) is 4. The van der Waals surface area contributed by atoms with E-state index in [4.69, 9.17) is 5.11 Å². The molecule has 0 radical (unpaired) electrons. The highest BCUT2D eigenvalue weighted by atomic mass is 19.4. The number of aromatic nitrogens is 1. The summed E-state index contributed by atoms with van der Waals surface area (Å²) in [4.78, 5) is 14.7. The number of aliphatic hydroxyl groups excluding tert-OH is 1. The van der Waals surface area contributed by atoms with E-state index in [9.17, 15) is 18.0 Å². The predicted octanol–water partition coefficient (Wildman–Crippen LogP) is 1.02. The van der Waals surface area contributed by atoms with Crippen LogP contribution in [-0.4, -0.2) is 35.4 Å². The Bertz CT molecular complexity index is 407. The number of pyridine rings is 1. The van der Waals surface area contributed by atoms with Gasteiger partial charge in [-0.05, 0) is 5.56 Å². The lowest BCUT2D eigenvalue weighted by molar-refractivity contribution is -0.154. The lowest BCUT2D eigenvalue weighted by Gasteiger charge is -2.09. The number of carbonyl (C=O) groups excluding carboxylic acids is 1. The van der Waals surface area contributed by atoms with E-state index in [0.717, 1.165) is 0 Å². The third-order valence-corrected chi connectivity index (χ3v) is 2.01. The van der Waals surface area contributed by atoms with Gasteiger partial charge in [0.15, 0.2) is 6.61 Å². The van der Waals surface area contributed by atoms with E-state index < -0.39 is 12.8 Å². The molecule has 19 heavy (non-hydrogen) atoms. The van der Waals surface area contributed by atoms with E-state index in [1.165, 1.54) is 18.3 Å². The number of carbonyl (C=O) groups is 1. The standard InChI is InChI=1S/C11H13F3N2O3/c12-11(13,14)7-19-10-2-1-8(6-16-10)5-15-9(18)3-4-17/h1-2,6,17H,3-5,7H2,(H,15,18). The van der Waals surface area contributed by atoms with Crippen LogP contribution >= 0.6 is 0 Å². The van der Waals surface area contributed by atoms with Crippen LogP contribution in [0.4, 0.5) is 13.2 Å². The lowest BCUT2D eigenvalue weighted by Crippen LogP contribution is -2.23. The number of alkyl halides is 3. The van der Waals surface area contributed by atoms with E-state index in [0.29, 0.717) is 5.56 Å². The van der Waals surface area contributed by atoms with Crippen LogP contribution in [0.1, 0.15) is 12.0 Å². The predicted molar refractivity (Wildman–Crippen MR) is 59.3 cm³/mol. The van der Waals surface area contributed by atoms with Crippen LogP contribution in [0.5, 0.6) is 5.88 Å². The second-order valence-corrected chi connectivity index (χ2v) is 3.66. The second kappa shape index (κ2) is 6.93. The molecule has 0 aromatic carbocycles. The Balaban J connectivity index is 2.41. The molecule has 0 unspecified atom stereocenters. The van der Waals surface area contributed by atoms with Gasteiger partial charge in [-0.15, -0.1) is 0 Å². The van der Waals surface area contributed by atoms with E-state index in [-0.39, 0.29) is 31.4 Å². The van der Waals surface area contributed by atoms with Gasteiger partial charge in [-0.2, -0.15) is 13.2 Å². The summed E-state index contributed by atoms with van der Waals surface area (Å²) < 4.78 is 40.1. The summed E-state index contributed by atoms with van der Waals surface area (Å²) in [5.74, 6) is -0.456. The number of halogens is 3. The zero-order chi connectivity index (χ0) is 14.3. The number of rotatable bonds is 6. The maximum atomic E-state index is 11.9. The summed E-state index contributed by atoms with van der Waals surface area (Å²) in [6.45, 7) is -1.45. The first-order valence-electron chi connectivity index (χ1n) is 5.43. The van der Waals surface area contributed by atoms with Crippen molar-refractivity contribution in [1.82, 2.24) is 10.3 Å². The third-order valence-electron chi connectivity index (χ3n) is 2.01. The molecule has 0 bridgehead atoms. The molecule has 0 fully saturated rings. The van der Waals surface area contributed by atoms with Crippen LogP contribution in [0.2, 0.25) is 0 Å². The average Bonchev–Trinajstić information content (AvgIpc) is 2.34. The van der Waals surface area contributed by atoms with Gasteiger partial charge in [0.25, 0.3) is 0 Å². The molecule has 0 aliphatic heterocycles. The molecule has 0 saturated carbocycles. The molecule has 106 valence electrons. The molecular weight excluding hydrogens is 265 g/mol. The third kappa shape index (κ3) is 6.61. The zero-order valence-corrected chi connectivity index (χ0v) is 9.91. The fourth-order valence-electron chi connectivity index (χ4n) is 1.15. The fourth-order valence-corrected chi connectivity index (χ4v) is 1.15. The molecule has 0 aliphatic carbocycles. The summed E-state index contributed by atoms with van der Waals surface area (Å²) in [5, 5.41) is 11.0. The molecule has 0 atom stereocenters. The number of nitrogens with one attached hydrogen (secondary N) is 1. The summed E-state index contributed by atoms with van der Waals surface area (Å²) in [6.07, 6.45) is -3.09. The van der Waals surface area contributed by atoms with Gasteiger partial charge < -0.3 is 15.2 Å². The molecule has 1 aromatic rings. The van der Waals surface area contributed by atoms with Gasteiger partial charge in [0.05, 0.1) is 6.61 Å². The minimum Gasteiger partial charge on any atom is -0.468 e. The topological polar surface area (TPSA) is 71.5 Å². The Morgan fingerprint density at radius 3 is 2.68 bits per heavy atom. The SMILES string of the molecule is O=C(CCO)NCc1ccc(OCC(F)(F)F)nc1. The van der Waals surface area contributed by atoms with Crippen LogP contribution < -0.4 is 10.1 Å². The number of hydrogen-bond donors (Lipinski definition) is 2. The van der Waals surface area contributed by atoms with Gasteiger partial charge in [-0.1, -0.05) is 6.07 Å². The van der Waals surface area contributed by atoms with E-state index in [2.05, 4.69) is 15.0 Å². The molecule has 0 saturated heterocycles. The van der Waals surface area contributed by atoms with Crippen LogP contribution in [-0.2, 0) is 11.3 Å². The Kier molecular flexibility index (Phi) is 5.56. The quantitative estimate of drug-likeness (QED) is 0.815. The van der Waals surface area contributed by atoms with Gasteiger partial charge in [0, 0.05) is 25.2 Å². The van der Waals surface area contributed by atoms with Gasteiger partial charge in [-0.3, -0.25) is 4.79 Å². The van der Waals surface area contributed by atoms with E-state index in [1.54, 1.807) is 0 Å². The Hall–Kier alpha value is -1.83.